The van der Waals surface area contributed by atoms with Crippen LogP contribution in [0.25, 0.3) is 0 Å². The fourth-order valence-electron chi connectivity index (χ4n) is 1.51. The predicted molar refractivity (Wildman–Crippen MR) is 60.7 cm³/mol. The first-order chi connectivity index (χ1) is 7.75. The molecule has 0 aliphatic heterocycles. The smallest absolute Gasteiger partial charge is 0.133 e. The van der Waals surface area contributed by atoms with Crippen LogP contribution in [0.5, 0.6) is 0 Å². The van der Waals surface area contributed by atoms with E-state index in [1.54, 1.807) is 6.20 Å². The van der Waals surface area contributed by atoms with Gasteiger partial charge in [-0.25, -0.2) is 0 Å². The van der Waals surface area contributed by atoms with E-state index >= 15 is 0 Å². The number of hydrogen-bond donors (Lipinski definition) is 1. The first-order valence-electron chi connectivity index (χ1n) is 5.31. The molecule has 4 heteroatoms. The van der Waals surface area contributed by atoms with E-state index in [1.807, 2.05) is 25.3 Å². The van der Waals surface area contributed by atoms with Crippen LogP contribution in [0.15, 0.2) is 35.1 Å². The Labute approximate surface area is 94.7 Å². The van der Waals surface area contributed by atoms with Gasteiger partial charge in [-0.3, -0.25) is 4.98 Å². The highest BCUT2D eigenvalue weighted by Gasteiger charge is 2.06. The van der Waals surface area contributed by atoms with Crippen LogP contribution in [0, 0.1) is 6.92 Å². The summed E-state index contributed by atoms with van der Waals surface area (Å²) in [5.74, 6) is 0.839. The number of rotatable bonds is 4. The van der Waals surface area contributed by atoms with E-state index in [-0.39, 0.29) is 6.04 Å². The summed E-state index contributed by atoms with van der Waals surface area (Å²) in [6, 6.07) is 6.18. The molecule has 16 heavy (non-hydrogen) atoms. The molecule has 0 saturated carbocycles. The zero-order valence-corrected chi connectivity index (χ0v) is 9.47. The maximum absolute atomic E-state index is 5.00. The molecule has 2 aromatic rings. The molecule has 0 fully saturated rings. The Morgan fingerprint density at radius 1 is 1.50 bits per heavy atom. The average Bonchev–Trinajstić information content (AvgIpc) is 2.73. The quantitative estimate of drug-likeness (QED) is 0.853. The van der Waals surface area contributed by atoms with Gasteiger partial charge in [0.25, 0.3) is 0 Å². The summed E-state index contributed by atoms with van der Waals surface area (Å²) < 4.78 is 5.00. The van der Waals surface area contributed by atoms with E-state index in [9.17, 15) is 0 Å². The number of aromatic nitrogens is 2. The molecule has 4 nitrogen and oxygen atoms in total. The van der Waals surface area contributed by atoms with Gasteiger partial charge in [0, 0.05) is 31.0 Å². The van der Waals surface area contributed by atoms with Gasteiger partial charge in [-0.2, -0.15) is 0 Å². The second kappa shape index (κ2) is 4.90. The van der Waals surface area contributed by atoms with Crippen molar-refractivity contribution in [3.63, 3.8) is 0 Å². The Bertz CT molecular complexity index is 439. The summed E-state index contributed by atoms with van der Waals surface area (Å²) in [4.78, 5) is 4.09. The molecule has 0 aliphatic carbocycles. The van der Waals surface area contributed by atoms with Crippen LogP contribution in [0.1, 0.15) is 30.0 Å². The maximum Gasteiger partial charge on any atom is 0.133 e. The van der Waals surface area contributed by atoms with Crippen molar-refractivity contribution in [2.75, 3.05) is 0 Å². The molecule has 0 spiro atoms. The standard InChI is InChI=1S/C12H15N3O/c1-9-6-12(15-16-9)8-14-10(2)11-4-3-5-13-7-11/h3-7,10,14H,8H2,1-2H3. The number of aryl methyl sites for hydroxylation is 1. The van der Waals surface area contributed by atoms with Crippen LogP contribution in [-0.4, -0.2) is 10.1 Å². The van der Waals surface area contributed by atoms with Crippen LogP contribution in [0.2, 0.25) is 0 Å². The molecule has 1 unspecified atom stereocenters. The van der Waals surface area contributed by atoms with Gasteiger partial charge < -0.3 is 9.84 Å². The molecular formula is C12H15N3O. The van der Waals surface area contributed by atoms with Crippen LogP contribution in [0.4, 0.5) is 0 Å². The zero-order valence-electron chi connectivity index (χ0n) is 9.47. The van der Waals surface area contributed by atoms with E-state index in [1.165, 1.54) is 5.56 Å². The Kier molecular flexibility index (Phi) is 3.31. The summed E-state index contributed by atoms with van der Waals surface area (Å²) >= 11 is 0. The van der Waals surface area contributed by atoms with Crippen LogP contribution >= 0.6 is 0 Å². The number of pyridine rings is 1. The van der Waals surface area contributed by atoms with Gasteiger partial charge in [0.1, 0.15) is 5.76 Å². The molecular weight excluding hydrogens is 202 g/mol. The fourth-order valence-corrected chi connectivity index (χ4v) is 1.51. The van der Waals surface area contributed by atoms with E-state index in [0.29, 0.717) is 6.54 Å². The SMILES string of the molecule is Cc1cc(CNC(C)c2cccnc2)no1. The lowest BCUT2D eigenvalue weighted by molar-refractivity contribution is 0.386. The lowest BCUT2D eigenvalue weighted by atomic mass is 10.1. The van der Waals surface area contributed by atoms with E-state index in [4.69, 9.17) is 4.52 Å². The Morgan fingerprint density at radius 3 is 3.00 bits per heavy atom. The Balaban J connectivity index is 1.91. The first-order valence-corrected chi connectivity index (χ1v) is 5.31. The summed E-state index contributed by atoms with van der Waals surface area (Å²) in [6.45, 7) is 4.69. The van der Waals surface area contributed by atoms with Gasteiger partial charge in [0.05, 0.1) is 5.69 Å². The molecule has 84 valence electrons. The van der Waals surface area contributed by atoms with Crippen LogP contribution < -0.4 is 5.32 Å². The van der Waals surface area contributed by atoms with Gasteiger partial charge in [0.15, 0.2) is 0 Å². The summed E-state index contributed by atoms with van der Waals surface area (Å²) in [5.41, 5.74) is 2.09. The Morgan fingerprint density at radius 2 is 2.38 bits per heavy atom. The molecule has 2 rings (SSSR count). The topological polar surface area (TPSA) is 51.0 Å². The average molecular weight is 217 g/mol. The van der Waals surface area contributed by atoms with Gasteiger partial charge >= 0.3 is 0 Å². The minimum Gasteiger partial charge on any atom is -0.361 e. The number of nitrogens with one attached hydrogen (secondary N) is 1. The molecule has 2 aromatic heterocycles. The third-order valence-electron chi connectivity index (χ3n) is 2.45. The third-order valence-corrected chi connectivity index (χ3v) is 2.45. The van der Waals surface area contributed by atoms with Crippen molar-refractivity contribution in [3.8, 4) is 0 Å². The molecule has 0 aliphatic rings. The minimum atomic E-state index is 0.255. The van der Waals surface area contributed by atoms with Gasteiger partial charge in [0.2, 0.25) is 0 Å². The second-order valence-electron chi connectivity index (χ2n) is 3.82. The monoisotopic (exact) mass is 217 g/mol. The van der Waals surface area contributed by atoms with Crippen molar-refractivity contribution in [2.24, 2.45) is 0 Å². The highest BCUT2D eigenvalue weighted by molar-refractivity contribution is 5.13. The van der Waals surface area contributed by atoms with Crippen molar-refractivity contribution in [3.05, 3.63) is 47.6 Å². The minimum absolute atomic E-state index is 0.255. The molecule has 0 amide bonds. The molecule has 1 N–H and O–H groups in total. The normalized spacial score (nSPS) is 12.6. The van der Waals surface area contributed by atoms with Crippen molar-refractivity contribution < 1.29 is 4.52 Å². The van der Waals surface area contributed by atoms with Crippen molar-refractivity contribution in [1.82, 2.24) is 15.5 Å². The van der Waals surface area contributed by atoms with Crippen molar-refractivity contribution in [1.29, 1.82) is 0 Å². The fraction of sp³-hybridized carbons (Fsp3) is 0.333. The molecule has 0 bridgehead atoms. The van der Waals surface area contributed by atoms with Gasteiger partial charge in [-0.05, 0) is 25.5 Å². The van der Waals surface area contributed by atoms with Crippen LogP contribution in [0.3, 0.4) is 0 Å². The molecule has 0 radical (unpaired) electrons. The summed E-state index contributed by atoms with van der Waals surface area (Å²) in [6.07, 6.45) is 3.64. The van der Waals surface area contributed by atoms with Crippen molar-refractivity contribution >= 4 is 0 Å². The zero-order chi connectivity index (χ0) is 11.4. The summed E-state index contributed by atoms with van der Waals surface area (Å²) in [5, 5.41) is 7.29. The molecule has 0 aromatic carbocycles. The number of nitrogens with zero attached hydrogens (tertiary/aromatic N) is 2. The predicted octanol–water partition coefficient (Wildman–Crippen LogP) is 2.23. The molecule has 2 heterocycles. The lowest BCUT2D eigenvalue weighted by Crippen LogP contribution is -2.18. The highest BCUT2D eigenvalue weighted by Crippen LogP contribution is 2.11. The maximum atomic E-state index is 5.00. The molecule has 0 saturated heterocycles. The van der Waals surface area contributed by atoms with E-state index in [2.05, 4.69) is 28.4 Å². The van der Waals surface area contributed by atoms with Gasteiger partial charge in [-0.1, -0.05) is 11.2 Å². The highest BCUT2D eigenvalue weighted by atomic mass is 16.5. The van der Waals surface area contributed by atoms with E-state index in [0.717, 1.165) is 11.5 Å². The first kappa shape index (κ1) is 10.8. The molecule has 1 atom stereocenters. The summed E-state index contributed by atoms with van der Waals surface area (Å²) in [7, 11) is 0. The number of hydrogen-bond acceptors (Lipinski definition) is 4. The third kappa shape index (κ3) is 2.67. The van der Waals surface area contributed by atoms with Gasteiger partial charge in [-0.15, -0.1) is 0 Å². The van der Waals surface area contributed by atoms with Crippen LogP contribution in [-0.2, 0) is 6.54 Å². The lowest BCUT2D eigenvalue weighted by Gasteiger charge is -2.12. The van der Waals surface area contributed by atoms with Crippen molar-refractivity contribution in [2.45, 2.75) is 26.4 Å². The second-order valence-corrected chi connectivity index (χ2v) is 3.82. The largest absolute Gasteiger partial charge is 0.361 e. The van der Waals surface area contributed by atoms with E-state index < -0.39 is 0 Å². The Hall–Kier alpha value is -1.68.